The lowest BCUT2D eigenvalue weighted by Gasteiger charge is -2.19. The second-order valence-electron chi connectivity index (χ2n) is 4.48. The molecule has 1 N–H and O–H groups in total. The Balaban J connectivity index is 2.29. The summed E-state index contributed by atoms with van der Waals surface area (Å²) in [5.74, 6) is -0.0962. The van der Waals surface area contributed by atoms with Crippen LogP contribution in [0, 0.1) is 12.7 Å². The molecule has 2 aromatic rings. The summed E-state index contributed by atoms with van der Waals surface area (Å²) in [5.41, 5.74) is 1.45. The molecule has 1 unspecified atom stereocenters. The average molecular weight is 342 g/mol. The first-order valence-corrected chi connectivity index (χ1v) is 8.01. The fraction of sp³-hybridized carbons (Fsp3) is 0.333. The molecule has 0 bridgehead atoms. The van der Waals surface area contributed by atoms with Crippen LogP contribution in [0.2, 0.25) is 0 Å². The molecule has 1 heterocycles. The molecule has 2 rings (SSSR count). The minimum atomic E-state index is -0.0962. The van der Waals surface area contributed by atoms with Gasteiger partial charge in [0.1, 0.15) is 5.82 Å². The molecule has 4 heteroatoms. The molecular formula is C15H17BrFNS. The summed E-state index contributed by atoms with van der Waals surface area (Å²) in [7, 11) is 0. The molecule has 1 atom stereocenters. The lowest BCUT2D eigenvalue weighted by atomic mass is 10.00. The van der Waals surface area contributed by atoms with Crippen molar-refractivity contribution in [1.82, 2.24) is 5.32 Å². The number of hydrogen-bond donors (Lipinski definition) is 1. The molecule has 0 spiro atoms. The fourth-order valence-electron chi connectivity index (χ4n) is 2.13. The van der Waals surface area contributed by atoms with Crippen LogP contribution in [0.5, 0.6) is 0 Å². The first kappa shape index (κ1) is 14.7. The van der Waals surface area contributed by atoms with Crippen molar-refractivity contribution >= 4 is 27.3 Å². The summed E-state index contributed by atoms with van der Waals surface area (Å²) in [6.45, 7) is 4.67. The molecular weight excluding hydrogens is 325 g/mol. The maximum Gasteiger partial charge on any atom is 0.130 e. The summed E-state index contributed by atoms with van der Waals surface area (Å²) in [6.07, 6.45) is 0.798. The maximum atomic E-state index is 14.3. The highest BCUT2D eigenvalue weighted by Gasteiger charge is 2.18. The number of halogens is 2. The van der Waals surface area contributed by atoms with E-state index in [1.165, 1.54) is 4.88 Å². The Morgan fingerprint density at radius 2 is 2.16 bits per heavy atom. The Morgan fingerprint density at radius 1 is 1.37 bits per heavy atom. The number of thiophene rings is 1. The molecule has 1 aromatic heterocycles. The van der Waals surface area contributed by atoms with E-state index in [4.69, 9.17) is 0 Å². The molecule has 0 aliphatic heterocycles. The number of aryl methyl sites for hydroxylation is 1. The molecule has 0 saturated heterocycles. The molecule has 0 saturated carbocycles. The Hall–Kier alpha value is -0.710. The van der Waals surface area contributed by atoms with Crippen molar-refractivity contribution in [2.24, 2.45) is 0 Å². The van der Waals surface area contributed by atoms with E-state index in [1.54, 1.807) is 11.3 Å². The van der Waals surface area contributed by atoms with Crippen LogP contribution in [-0.4, -0.2) is 6.54 Å². The smallest absolute Gasteiger partial charge is 0.130 e. The second-order valence-corrected chi connectivity index (χ2v) is 6.34. The third kappa shape index (κ3) is 3.44. The molecule has 19 heavy (non-hydrogen) atoms. The van der Waals surface area contributed by atoms with Gasteiger partial charge in [0.15, 0.2) is 0 Å². The van der Waals surface area contributed by atoms with Crippen LogP contribution >= 0.6 is 27.3 Å². The van der Waals surface area contributed by atoms with Crippen LogP contribution in [0.1, 0.15) is 29.0 Å². The van der Waals surface area contributed by atoms with Crippen molar-refractivity contribution in [3.8, 4) is 0 Å². The maximum absolute atomic E-state index is 14.3. The van der Waals surface area contributed by atoms with Crippen molar-refractivity contribution in [2.45, 2.75) is 26.3 Å². The number of benzene rings is 1. The summed E-state index contributed by atoms with van der Waals surface area (Å²) in [4.78, 5) is 1.24. The third-order valence-corrected chi connectivity index (χ3v) is 5.08. The molecule has 0 aliphatic carbocycles. The molecule has 1 aromatic carbocycles. The van der Waals surface area contributed by atoms with E-state index in [1.807, 2.05) is 38.1 Å². The van der Waals surface area contributed by atoms with Gasteiger partial charge in [0.05, 0.1) is 0 Å². The molecule has 102 valence electrons. The van der Waals surface area contributed by atoms with Gasteiger partial charge in [0, 0.05) is 27.4 Å². The minimum absolute atomic E-state index is 0.0137. The van der Waals surface area contributed by atoms with Crippen LogP contribution in [-0.2, 0) is 6.42 Å². The average Bonchev–Trinajstić information content (AvgIpc) is 2.78. The number of likely N-dealkylation sites (N-methyl/N-ethyl adjacent to an activating group) is 1. The van der Waals surface area contributed by atoms with Crippen molar-refractivity contribution in [2.75, 3.05) is 6.54 Å². The van der Waals surface area contributed by atoms with Gasteiger partial charge >= 0.3 is 0 Å². The lowest BCUT2D eigenvalue weighted by Crippen LogP contribution is -2.24. The van der Waals surface area contributed by atoms with Crippen LogP contribution in [0.15, 0.2) is 34.1 Å². The van der Waals surface area contributed by atoms with E-state index in [0.717, 1.165) is 23.0 Å². The Bertz CT molecular complexity index is 553. The number of nitrogens with one attached hydrogen (secondary N) is 1. The molecule has 0 fully saturated rings. The van der Waals surface area contributed by atoms with Crippen molar-refractivity contribution in [1.29, 1.82) is 0 Å². The first-order chi connectivity index (χ1) is 9.13. The Morgan fingerprint density at radius 3 is 2.79 bits per heavy atom. The van der Waals surface area contributed by atoms with E-state index in [9.17, 15) is 4.39 Å². The van der Waals surface area contributed by atoms with Gasteiger partial charge in [0.2, 0.25) is 0 Å². The summed E-state index contributed by atoms with van der Waals surface area (Å²) >= 11 is 5.24. The van der Waals surface area contributed by atoms with Gasteiger partial charge in [-0.2, -0.15) is 0 Å². The highest BCUT2D eigenvalue weighted by Crippen LogP contribution is 2.29. The topological polar surface area (TPSA) is 12.0 Å². The van der Waals surface area contributed by atoms with Crippen LogP contribution < -0.4 is 5.32 Å². The zero-order valence-electron chi connectivity index (χ0n) is 11.0. The predicted molar refractivity (Wildman–Crippen MR) is 83.3 cm³/mol. The van der Waals surface area contributed by atoms with Crippen molar-refractivity contribution < 1.29 is 4.39 Å². The highest BCUT2D eigenvalue weighted by molar-refractivity contribution is 9.10. The quantitative estimate of drug-likeness (QED) is 0.819. The van der Waals surface area contributed by atoms with Crippen LogP contribution in [0.3, 0.4) is 0 Å². The van der Waals surface area contributed by atoms with Gasteiger partial charge in [-0.1, -0.05) is 25.1 Å². The zero-order valence-corrected chi connectivity index (χ0v) is 13.4. The van der Waals surface area contributed by atoms with Gasteiger partial charge in [-0.15, -0.1) is 11.3 Å². The number of hydrogen-bond acceptors (Lipinski definition) is 2. The monoisotopic (exact) mass is 341 g/mol. The summed E-state index contributed by atoms with van der Waals surface area (Å²) in [5, 5.41) is 5.43. The van der Waals surface area contributed by atoms with Gasteiger partial charge in [-0.25, -0.2) is 4.39 Å². The third-order valence-electron chi connectivity index (χ3n) is 3.13. The Labute approximate surface area is 126 Å². The predicted octanol–water partition coefficient (Wildman–Crippen LogP) is 4.85. The Kier molecular flexibility index (Phi) is 5.13. The summed E-state index contributed by atoms with van der Waals surface area (Å²) < 4.78 is 15.4. The van der Waals surface area contributed by atoms with Gasteiger partial charge in [-0.05, 0) is 46.4 Å². The molecule has 0 amide bonds. The van der Waals surface area contributed by atoms with Gasteiger partial charge < -0.3 is 5.32 Å². The van der Waals surface area contributed by atoms with Crippen molar-refractivity contribution in [3.63, 3.8) is 0 Å². The van der Waals surface area contributed by atoms with E-state index >= 15 is 0 Å². The second kappa shape index (κ2) is 6.64. The molecule has 1 nitrogen and oxygen atoms in total. The SMILES string of the molecule is CCNC(Cc1sccc1Br)c1cccc(C)c1F. The normalized spacial score (nSPS) is 12.6. The van der Waals surface area contributed by atoms with Gasteiger partial charge in [0.25, 0.3) is 0 Å². The van der Waals surface area contributed by atoms with Crippen molar-refractivity contribution in [3.05, 3.63) is 55.9 Å². The molecule has 0 radical (unpaired) electrons. The number of rotatable bonds is 5. The van der Waals surface area contributed by atoms with E-state index in [2.05, 4.69) is 26.6 Å². The lowest BCUT2D eigenvalue weighted by molar-refractivity contribution is 0.509. The largest absolute Gasteiger partial charge is 0.310 e. The van der Waals surface area contributed by atoms with E-state index in [-0.39, 0.29) is 11.9 Å². The zero-order chi connectivity index (χ0) is 13.8. The molecule has 0 aliphatic rings. The minimum Gasteiger partial charge on any atom is -0.310 e. The van der Waals surface area contributed by atoms with Crippen LogP contribution in [0.4, 0.5) is 4.39 Å². The summed E-state index contributed by atoms with van der Waals surface area (Å²) in [6, 6.07) is 7.65. The van der Waals surface area contributed by atoms with E-state index < -0.39 is 0 Å². The fourth-order valence-corrected chi connectivity index (χ4v) is 3.70. The van der Waals surface area contributed by atoms with Gasteiger partial charge in [-0.3, -0.25) is 0 Å². The van der Waals surface area contributed by atoms with Crippen LogP contribution in [0.25, 0.3) is 0 Å². The first-order valence-electron chi connectivity index (χ1n) is 6.33. The highest BCUT2D eigenvalue weighted by atomic mass is 79.9. The van der Waals surface area contributed by atoms with E-state index in [0.29, 0.717) is 5.56 Å². The standard InChI is InChI=1S/C15H17BrFNS/c1-3-18-13(9-14-12(16)7-8-19-14)11-6-4-5-10(2)15(11)17/h4-8,13,18H,3,9H2,1-2H3.